The fraction of sp³-hybridized carbons (Fsp3) is 0.533. The first-order chi connectivity index (χ1) is 9.65. The van der Waals surface area contributed by atoms with Crippen molar-refractivity contribution in [3.63, 3.8) is 0 Å². The molecule has 5 heteroatoms. The second kappa shape index (κ2) is 5.62. The summed E-state index contributed by atoms with van der Waals surface area (Å²) in [6, 6.07) is 6.01. The number of anilines is 1. The Morgan fingerprint density at radius 2 is 2.35 bits per heavy atom. The molecule has 2 aliphatic rings. The van der Waals surface area contributed by atoms with Crippen molar-refractivity contribution in [1.29, 1.82) is 0 Å². The normalized spacial score (nSPS) is 24.0. The van der Waals surface area contributed by atoms with Crippen molar-refractivity contribution >= 4 is 23.3 Å². The molecule has 1 aromatic carbocycles. The van der Waals surface area contributed by atoms with Crippen LogP contribution in [0.25, 0.3) is 0 Å². The van der Waals surface area contributed by atoms with E-state index in [1.807, 2.05) is 12.1 Å². The topological polar surface area (TPSA) is 41.6 Å². The third-order valence-corrected chi connectivity index (χ3v) is 4.66. The van der Waals surface area contributed by atoms with Crippen molar-refractivity contribution in [3.8, 4) is 0 Å². The molecular formula is C15H19ClN2O2. The van der Waals surface area contributed by atoms with Crippen LogP contribution in [0.15, 0.2) is 18.2 Å². The van der Waals surface area contributed by atoms with Gasteiger partial charge >= 0.3 is 6.03 Å². The predicted molar refractivity (Wildman–Crippen MR) is 79.1 cm³/mol. The third-order valence-electron chi connectivity index (χ3n) is 4.05. The van der Waals surface area contributed by atoms with E-state index in [-0.39, 0.29) is 11.4 Å². The SMILES string of the molecule is CN1Cc2cc(C(Cl)C3CCCOC3)ccc2NC1=O. The fourth-order valence-electron chi connectivity index (χ4n) is 2.84. The van der Waals surface area contributed by atoms with Gasteiger partial charge < -0.3 is 15.0 Å². The van der Waals surface area contributed by atoms with Gasteiger partial charge in [-0.1, -0.05) is 12.1 Å². The van der Waals surface area contributed by atoms with E-state index in [9.17, 15) is 4.79 Å². The highest BCUT2D eigenvalue weighted by atomic mass is 35.5. The van der Waals surface area contributed by atoms with E-state index < -0.39 is 0 Å². The average Bonchev–Trinajstić information content (AvgIpc) is 2.48. The number of hydrogen-bond acceptors (Lipinski definition) is 2. The lowest BCUT2D eigenvalue weighted by Crippen LogP contribution is -2.35. The summed E-state index contributed by atoms with van der Waals surface area (Å²) in [5, 5.41) is 2.85. The molecule has 1 saturated heterocycles. The van der Waals surface area contributed by atoms with Gasteiger partial charge in [-0.05, 0) is 30.0 Å². The van der Waals surface area contributed by atoms with Crippen molar-refractivity contribution < 1.29 is 9.53 Å². The monoisotopic (exact) mass is 294 g/mol. The smallest absolute Gasteiger partial charge is 0.321 e. The second-order valence-electron chi connectivity index (χ2n) is 5.58. The molecule has 2 aliphatic heterocycles. The molecule has 3 rings (SSSR count). The number of halogens is 1. The molecule has 2 heterocycles. The molecule has 2 amide bonds. The van der Waals surface area contributed by atoms with Crippen molar-refractivity contribution in [2.75, 3.05) is 25.6 Å². The number of rotatable bonds is 2. The summed E-state index contributed by atoms with van der Waals surface area (Å²) in [5.74, 6) is 0.374. The Balaban J connectivity index is 1.81. The lowest BCUT2D eigenvalue weighted by atomic mass is 9.92. The summed E-state index contributed by atoms with van der Waals surface area (Å²) in [4.78, 5) is 13.3. The minimum Gasteiger partial charge on any atom is -0.381 e. The number of alkyl halides is 1. The highest BCUT2D eigenvalue weighted by molar-refractivity contribution is 6.21. The van der Waals surface area contributed by atoms with Gasteiger partial charge in [0, 0.05) is 31.8 Å². The van der Waals surface area contributed by atoms with Crippen LogP contribution in [-0.4, -0.2) is 31.2 Å². The summed E-state index contributed by atoms with van der Waals surface area (Å²) in [6.45, 7) is 2.21. The maximum absolute atomic E-state index is 11.6. The molecule has 1 N–H and O–H groups in total. The van der Waals surface area contributed by atoms with Crippen LogP contribution >= 0.6 is 11.6 Å². The van der Waals surface area contributed by atoms with E-state index in [1.165, 1.54) is 0 Å². The van der Waals surface area contributed by atoms with Gasteiger partial charge in [0.1, 0.15) is 0 Å². The van der Waals surface area contributed by atoms with Crippen LogP contribution in [-0.2, 0) is 11.3 Å². The zero-order valence-corrected chi connectivity index (χ0v) is 12.3. The average molecular weight is 295 g/mol. The van der Waals surface area contributed by atoms with Crippen LogP contribution in [0.5, 0.6) is 0 Å². The van der Waals surface area contributed by atoms with Crippen molar-refractivity contribution in [2.45, 2.75) is 24.8 Å². The minimum absolute atomic E-state index is 0.0245. The first-order valence-electron chi connectivity index (χ1n) is 7.02. The number of urea groups is 1. The van der Waals surface area contributed by atoms with E-state index in [0.29, 0.717) is 12.5 Å². The lowest BCUT2D eigenvalue weighted by Gasteiger charge is -2.29. The van der Waals surface area contributed by atoms with Gasteiger partial charge in [-0.3, -0.25) is 0 Å². The van der Waals surface area contributed by atoms with Crippen LogP contribution in [0.4, 0.5) is 10.5 Å². The minimum atomic E-state index is -0.0617. The van der Waals surface area contributed by atoms with Crippen LogP contribution in [0, 0.1) is 5.92 Å². The lowest BCUT2D eigenvalue weighted by molar-refractivity contribution is 0.0531. The Hall–Kier alpha value is -1.26. The molecule has 0 aliphatic carbocycles. The molecular weight excluding hydrogens is 276 g/mol. The summed E-state index contributed by atoms with van der Waals surface area (Å²) in [5.41, 5.74) is 3.12. The molecule has 1 aromatic rings. The standard InChI is InChI=1S/C15H19ClN2O2/c1-18-8-12-7-10(4-5-13(12)17-15(18)19)14(16)11-3-2-6-20-9-11/h4-5,7,11,14H,2-3,6,8-9H2,1H3,(H,17,19). The Labute approximate surface area is 124 Å². The summed E-state index contributed by atoms with van der Waals surface area (Å²) in [6.07, 6.45) is 2.19. The van der Waals surface area contributed by atoms with Gasteiger partial charge in [-0.15, -0.1) is 11.6 Å². The van der Waals surface area contributed by atoms with E-state index >= 15 is 0 Å². The van der Waals surface area contributed by atoms with Gasteiger partial charge in [-0.25, -0.2) is 4.79 Å². The number of amides is 2. The number of nitrogens with one attached hydrogen (secondary N) is 1. The van der Waals surface area contributed by atoms with Crippen LogP contribution < -0.4 is 5.32 Å². The van der Waals surface area contributed by atoms with Crippen LogP contribution in [0.3, 0.4) is 0 Å². The maximum Gasteiger partial charge on any atom is 0.321 e. The zero-order chi connectivity index (χ0) is 14.1. The highest BCUT2D eigenvalue weighted by Gasteiger charge is 2.26. The van der Waals surface area contributed by atoms with Crippen LogP contribution in [0.1, 0.15) is 29.3 Å². The van der Waals surface area contributed by atoms with E-state index in [4.69, 9.17) is 16.3 Å². The van der Waals surface area contributed by atoms with Crippen molar-refractivity contribution in [2.24, 2.45) is 5.92 Å². The van der Waals surface area contributed by atoms with E-state index in [2.05, 4.69) is 11.4 Å². The summed E-state index contributed by atoms with van der Waals surface area (Å²) < 4.78 is 5.52. The largest absolute Gasteiger partial charge is 0.381 e. The quantitative estimate of drug-likeness (QED) is 0.850. The number of ether oxygens (including phenoxy) is 1. The van der Waals surface area contributed by atoms with Gasteiger partial charge in [-0.2, -0.15) is 0 Å². The number of benzene rings is 1. The molecule has 0 spiro atoms. The number of carbonyl (C=O) groups is 1. The Kier molecular flexibility index (Phi) is 3.85. The Bertz CT molecular complexity index is 515. The van der Waals surface area contributed by atoms with Crippen LogP contribution in [0.2, 0.25) is 0 Å². The molecule has 2 atom stereocenters. The molecule has 108 valence electrons. The maximum atomic E-state index is 11.6. The first-order valence-corrected chi connectivity index (χ1v) is 7.45. The molecule has 2 unspecified atom stereocenters. The Morgan fingerprint density at radius 1 is 1.50 bits per heavy atom. The van der Waals surface area contributed by atoms with E-state index in [1.54, 1.807) is 11.9 Å². The summed E-state index contributed by atoms with van der Waals surface area (Å²) in [7, 11) is 1.79. The number of hydrogen-bond donors (Lipinski definition) is 1. The summed E-state index contributed by atoms with van der Waals surface area (Å²) >= 11 is 6.61. The second-order valence-corrected chi connectivity index (χ2v) is 6.05. The van der Waals surface area contributed by atoms with Gasteiger partial charge in [0.25, 0.3) is 0 Å². The van der Waals surface area contributed by atoms with Gasteiger partial charge in [0.05, 0.1) is 12.0 Å². The third kappa shape index (κ3) is 2.63. The number of nitrogens with zero attached hydrogens (tertiary/aromatic N) is 1. The molecule has 0 saturated carbocycles. The van der Waals surface area contributed by atoms with E-state index in [0.717, 1.165) is 42.9 Å². The molecule has 1 fully saturated rings. The molecule has 4 nitrogen and oxygen atoms in total. The van der Waals surface area contributed by atoms with Gasteiger partial charge in [0.15, 0.2) is 0 Å². The molecule has 20 heavy (non-hydrogen) atoms. The van der Waals surface area contributed by atoms with Crippen molar-refractivity contribution in [1.82, 2.24) is 4.90 Å². The first kappa shape index (κ1) is 13.7. The van der Waals surface area contributed by atoms with Crippen molar-refractivity contribution in [3.05, 3.63) is 29.3 Å². The molecule has 0 bridgehead atoms. The predicted octanol–water partition coefficient (Wildman–Crippen LogP) is 3.37. The fourth-order valence-corrected chi connectivity index (χ4v) is 3.18. The molecule has 0 aromatic heterocycles. The van der Waals surface area contributed by atoms with Gasteiger partial charge in [0.2, 0.25) is 0 Å². The highest BCUT2D eigenvalue weighted by Crippen LogP contribution is 2.36. The molecule has 0 radical (unpaired) electrons. The Morgan fingerprint density at radius 3 is 3.10 bits per heavy atom. The number of carbonyl (C=O) groups excluding carboxylic acids is 1. The zero-order valence-electron chi connectivity index (χ0n) is 11.6. The number of fused-ring (bicyclic) bond motifs is 1.